The first kappa shape index (κ1) is 29.7. The summed E-state index contributed by atoms with van der Waals surface area (Å²) in [5, 5.41) is 0. The summed E-state index contributed by atoms with van der Waals surface area (Å²) < 4.78 is 10.0. The number of fused-ring (bicyclic) bond motifs is 1. The van der Waals surface area contributed by atoms with Gasteiger partial charge in [-0.05, 0) is 101 Å². The van der Waals surface area contributed by atoms with Gasteiger partial charge in [-0.3, -0.25) is 9.36 Å². The Bertz CT molecular complexity index is 1860. The molecule has 5 rings (SSSR count). The molecule has 0 amide bonds. The third-order valence-electron chi connectivity index (χ3n) is 7.40. The van der Waals surface area contributed by atoms with Crippen LogP contribution in [0.5, 0.6) is 0 Å². The number of nitrogens with zero attached hydrogens (tertiary/aromatic N) is 4. The molecule has 4 aromatic rings. The van der Waals surface area contributed by atoms with E-state index in [4.69, 9.17) is 9.73 Å². The van der Waals surface area contributed by atoms with Crippen molar-refractivity contribution in [2.45, 2.75) is 51.7 Å². The van der Waals surface area contributed by atoms with E-state index in [2.05, 4.69) is 53.6 Å². The van der Waals surface area contributed by atoms with E-state index in [1.165, 1.54) is 11.3 Å². The molecule has 0 saturated heterocycles. The van der Waals surface area contributed by atoms with E-state index in [0.29, 0.717) is 20.6 Å². The smallest absolute Gasteiger partial charge is 0.338 e. The summed E-state index contributed by atoms with van der Waals surface area (Å²) in [6.07, 6.45) is 3.66. The zero-order chi connectivity index (χ0) is 30.3. The van der Waals surface area contributed by atoms with E-state index in [9.17, 15) is 9.59 Å². The predicted molar refractivity (Wildman–Crippen MR) is 173 cm³/mol. The molecule has 42 heavy (non-hydrogen) atoms. The second kappa shape index (κ2) is 11.8. The van der Waals surface area contributed by atoms with Crippen LogP contribution in [0.3, 0.4) is 0 Å². The van der Waals surface area contributed by atoms with Crippen molar-refractivity contribution in [3.63, 3.8) is 0 Å². The molecule has 2 aromatic carbocycles. The molecule has 0 spiro atoms. The Kier molecular flexibility index (Phi) is 8.35. The standard InChI is InChI=1S/C33H36N4O3S2/c1-19(2)40-32(39)29-21(4)34-33-37(30(29)23-9-15-27(41-8)16-10-23)31(38)28(42-33)18-24-17-20(3)36(22(24)5)26-13-11-25(12-14-26)35(6)7/h9-19,30H,1-8H3/t30-/m1/s1. The monoisotopic (exact) mass is 600 g/mol. The number of carbonyl (C=O) groups excluding carboxylic acids is 1. The van der Waals surface area contributed by atoms with Crippen LogP contribution in [0.2, 0.25) is 0 Å². The molecule has 0 saturated carbocycles. The van der Waals surface area contributed by atoms with Gasteiger partial charge in [-0.1, -0.05) is 23.5 Å². The summed E-state index contributed by atoms with van der Waals surface area (Å²) in [6, 6.07) is 17.9. The van der Waals surface area contributed by atoms with E-state index >= 15 is 0 Å². The highest BCUT2D eigenvalue weighted by atomic mass is 32.2. The van der Waals surface area contributed by atoms with Crippen molar-refractivity contribution < 1.29 is 9.53 Å². The lowest BCUT2D eigenvalue weighted by atomic mass is 9.96. The summed E-state index contributed by atoms with van der Waals surface area (Å²) in [4.78, 5) is 35.9. The van der Waals surface area contributed by atoms with Crippen molar-refractivity contribution in [3.8, 4) is 5.69 Å². The first-order chi connectivity index (χ1) is 20.0. The molecule has 9 heteroatoms. The van der Waals surface area contributed by atoms with Gasteiger partial charge in [0.2, 0.25) is 0 Å². The van der Waals surface area contributed by atoms with Gasteiger partial charge in [-0.25, -0.2) is 9.79 Å². The fourth-order valence-corrected chi connectivity index (χ4v) is 6.78. The summed E-state index contributed by atoms with van der Waals surface area (Å²) in [5.41, 5.74) is 6.88. The van der Waals surface area contributed by atoms with Gasteiger partial charge in [0.25, 0.3) is 5.56 Å². The van der Waals surface area contributed by atoms with Gasteiger partial charge in [0, 0.05) is 41.8 Å². The third kappa shape index (κ3) is 5.51. The number of esters is 1. The van der Waals surface area contributed by atoms with Crippen molar-refractivity contribution in [1.82, 2.24) is 9.13 Å². The Morgan fingerprint density at radius 1 is 1.07 bits per heavy atom. The summed E-state index contributed by atoms with van der Waals surface area (Å²) in [6.45, 7) is 9.58. The highest BCUT2D eigenvalue weighted by molar-refractivity contribution is 7.98. The van der Waals surface area contributed by atoms with E-state index in [0.717, 1.165) is 38.8 Å². The van der Waals surface area contributed by atoms with Crippen LogP contribution in [-0.4, -0.2) is 41.6 Å². The maximum atomic E-state index is 14.1. The number of benzene rings is 2. The largest absolute Gasteiger partial charge is 0.459 e. The zero-order valence-electron chi connectivity index (χ0n) is 25.3. The highest BCUT2D eigenvalue weighted by Crippen LogP contribution is 2.32. The Hall–Kier alpha value is -3.82. The molecule has 0 N–H and O–H groups in total. The van der Waals surface area contributed by atoms with Gasteiger partial charge in [-0.15, -0.1) is 11.8 Å². The number of hydrogen-bond donors (Lipinski definition) is 0. The van der Waals surface area contributed by atoms with Crippen LogP contribution in [0, 0.1) is 13.8 Å². The molecule has 2 aromatic heterocycles. The molecule has 0 bridgehead atoms. The average molecular weight is 601 g/mol. The molecule has 3 heterocycles. The summed E-state index contributed by atoms with van der Waals surface area (Å²) in [7, 11) is 4.05. The van der Waals surface area contributed by atoms with Crippen LogP contribution >= 0.6 is 23.1 Å². The predicted octanol–water partition coefficient (Wildman–Crippen LogP) is 5.38. The molecule has 1 aliphatic rings. The molecule has 0 fully saturated rings. The van der Waals surface area contributed by atoms with Crippen molar-refractivity contribution in [2.75, 3.05) is 25.3 Å². The van der Waals surface area contributed by atoms with Crippen LogP contribution in [0.25, 0.3) is 11.8 Å². The Morgan fingerprint density at radius 2 is 1.74 bits per heavy atom. The fourth-order valence-electron chi connectivity index (χ4n) is 5.33. The maximum absolute atomic E-state index is 14.1. The number of allylic oxidation sites excluding steroid dienone is 1. The summed E-state index contributed by atoms with van der Waals surface area (Å²) in [5.74, 6) is -0.455. The van der Waals surface area contributed by atoms with E-state index in [1.54, 1.807) is 16.3 Å². The number of anilines is 1. The maximum Gasteiger partial charge on any atom is 0.338 e. The normalized spacial score (nSPS) is 15.2. The van der Waals surface area contributed by atoms with E-state index in [1.807, 2.05) is 71.5 Å². The highest BCUT2D eigenvalue weighted by Gasteiger charge is 2.33. The molecule has 0 radical (unpaired) electrons. The number of aromatic nitrogens is 2. The first-order valence-corrected chi connectivity index (χ1v) is 15.9. The number of thiazole rings is 1. The SMILES string of the molecule is CSc1ccc([C@@H]2C(C(=O)OC(C)C)=C(C)N=c3sc(=Cc4cc(C)n(-c5ccc(N(C)C)cc5)c4C)c(=O)n32)cc1. The molecule has 218 valence electrons. The zero-order valence-corrected chi connectivity index (χ0v) is 26.9. The topological polar surface area (TPSA) is 68.8 Å². The molecule has 1 aliphatic heterocycles. The lowest BCUT2D eigenvalue weighted by molar-refractivity contribution is -0.143. The van der Waals surface area contributed by atoms with Gasteiger partial charge in [-0.2, -0.15) is 0 Å². The minimum absolute atomic E-state index is 0.180. The van der Waals surface area contributed by atoms with Gasteiger partial charge < -0.3 is 14.2 Å². The van der Waals surface area contributed by atoms with Crippen LogP contribution in [0.4, 0.5) is 5.69 Å². The first-order valence-electron chi connectivity index (χ1n) is 13.8. The minimum atomic E-state index is -0.631. The second-order valence-corrected chi connectivity index (χ2v) is 12.8. The summed E-state index contributed by atoms with van der Waals surface area (Å²) >= 11 is 2.98. The van der Waals surface area contributed by atoms with Crippen molar-refractivity contribution in [1.29, 1.82) is 0 Å². The average Bonchev–Trinajstić information content (AvgIpc) is 3.41. The Morgan fingerprint density at radius 3 is 2.33 bits per heavy atom. The molecule has 7 nitrogen and oxygen atoms in total. The van der Waals surface area contributed by atoms with E-state index < -0.39 is 12.0 Å². The van der Waals surface area contributed by atoms with Crippen LogP contribution < -0.4 is 19.8 Å². The van der Waals surface area contributed by atoms with Crippen LogP contribution in [0.15, 0.2) is 80.5 Å². The number of thioether (sulfide) groups is 1. The second-order valence-electron chi connectivity index (χ2n) is 10.9. The Balaban J connectivity index is 1.65. The number of carbonyl (C=O) groups is 1. The van der Waals surface area contributed by atoms with Crippen molar-refractivity contribution >= 4 is 40.8 Å². The van der Waals surface area contributed by atoms with Gasteiger partial charge in [0.1, 0.15) is 0 Å². The number of rotatable bonds is 7. The minimum Gasteiger partial charge on any atom is -0.459 e. The third-order valence-corrected chi connectivity index (χ3v) is 9.12. The van der Waals surface area contributed by atoms with Crippen LogP contribution in [0.1, 0.15) is 49.3 Å². The van der Waals surface area contributed by atoms with Gasteiger partial charge in [0.05, 0.1) is 27.9 Å². The molecule has 0 unspecified atom stereocenters. The van der Waals surface area contributed by atoms with Gasteiger partial charge >= 0.3 is 5.97 Å². The van der Waals surface area contributed by atoms with Gasteiger partial charge in [0.15, 0.2) is 4.80 Å². The number of hydrogen-bond acceptors (Lipinski definition) is 7. The lowest BCUT2D eigenvalue weighted by Gasteiger charge is -2.25. The van der Waals surface area contributed by atoms with Crippen LogP contribution in [-0.2, 0) is 9.53 Å². The number of ether oxygens (including phenoxy) is 1. The quantitative estimate of drug-likeness (QED) is 0.210. The van der Waals surface area contributed by atoms with E-state index in [-0.39, 0.29) is 11.7 Å². The molecular weight excluding hydrogens is 565 g/mol. The molecule has 1 atom stereocenters. The Labute approximate surface area is 254 Å². The number of aryl methyl sites for hydroxylation is 1. The fraction of sp³-hybridized carbons (Fsp3) is 0.303. The van der Waals surface area contributed by atoms with Crippen molar-refractivity contribution in [2.24, 2.45) is 4.99 Å². The molecular formula is C33H36N4O3S2. The van der Waals surface area contributed by atoms with Crippen molar-refractivity contribution in [3.05, 3.63) is 108 Å². The lowest BCUT2D eigenvalue weighted by Crippen LogP contribution is -2.40. The molecule has 0 aliphatic carbocycles.